The Bertz CT molecular complexity index is 1240. The van der Waals surface area contributed by atoms with Crippen LogP contribution in [0.3, 0.4) is 0 Å². The standard InChI is InChI=1S/C23H27ClFN5O4/c1-10(2)30-15-6-11(5-13(25)19(15)28-21(30)23(3,4)32)18-12(24)8-26-22(29-18)27-14-7-17-33-9-16(34-17)20(14)31/h5-6,8,10,14,16-17,20,31-32H,7,9H2,1-4H3,(H,26,27,29)/t14?,16-,17-,20+/m1/s1. The van der Waals surface area contributed by atoms with E-state index in [0.717, 1.165) is 0 Å². The maximum absolute atomic E-state index is 15.2. The molecule has 11 heteroatoms. The van der Waals surface area contributed by atoms with Gasteiger partial charge in [0.15, 0.2) is 12.1 Å². The number of nitrogens with zero attached hydrogens (tertiary/aromatic N) is 4. The molecule has 4 heterocycles. The van der Waals surface area contributed by atoms with Crippen molar-refractivity contribution in [1.82, 2.24) is 19.5 Å². The van der Waals surface area contributed by atoms with E-state index in [2.05, 4.69) is 20.3 Å². The summed E-state index contributed by atoms with van der Waals surface area (Å²) < 4.78 is 28.1. The van der Waals surface area contributed by atoms with Gasteiger partial charge in [-0.3, -0.25) is 0 Å². The number of imidazole rings is 1. The molecule has 0 aliphatic carbocycles. The predicted molar refractivity (Wildman–Crippen MR) is 124 cm³/mol. The number of hydrogen-bond acceptors (Lipinski definition) is 8. The zero-order valence-corrected chi connectivity index (χ0v) is 20.0. The van der Waals surface area contributed by atoms with Gasteiger partial charge in [-0.1, -0.05) is 11.6 Å². The smallest absolute Gasteiger partial charge is 0.223 e. The maximum atomic E-state index is 15.2. The highest BCUT2D eigenvalue weighted by atomic mass is 35.5. The normalized spacial score (nSPS) is 24.9. The highest BCUT2D eigenvalue weighted by molar-refractivity contribution is 6.33. The molecule has 2 fully saturated rings. The predicted octanol–water partition coefficient (Wildman–Crippen LogP) is 3.38. The minimum absolute atomic E-state index is 0.0771. The van der Waals surface area contributed by atoms with E-state index in [1.165, 1.54) is 12.3 Å². The third-order valence-corrected chi connectivity index (χ3v) is 6.43. The van der Waals surface area contributed by atoms with Gasteiger partial charge in [-0.2, -0.15) is 0 Å². The number of anilines is 1. The van der Waals surface area contributed by atoms with Crippen molar-refractivity contribution in [1.29, 1.82) is 0 Å². The minimum Gasteiger partial charge on any atom is -0.388 e. The highest BCUT2D eigenvalue weighted by Crippen LogP contribution is 2.35. The van der Waals surface area contributed by atoms with E-state index in [0.29, 0.717) is 35.6 Å². The molecule has 0 saturated carbocycles. The van der Waals surface area contributed by atoms with Gasteiger partial charge in [0.1, 0.15) is 29.2 Å². The number of halogens is 2. The van der Waals surface area contributed by atoms with E-state index in [1.54, 1.807) is 19.9 Å². The Kier molecular flexibility index (Phi) is 5.77. The van der Waals surface area contributed by atoms with Gasteiger partial charge in [-0.15, -0.1) is 0 Å². The summed E-state index contributed by atoms with van der Waals surface area (Å²) in [4.78, 5) is 13.2. The van der Waals surface area contributed by atoms with Crippen LogP contribution in [0.15, 0.2) is 18.3 Å². The third-order valence-electron chi connectivity index (χ3n) is 6.16. The van der Waals surface area contributed by atoms with E-state index < -0.39 is 23.6 Å². The summed E-state index contributed by atoms with van der Waals surface area (Å²) in [6, 6.07) is 2.64. The zero-order valence-electron chi connectivity index (χ0n) is 19.3. The number of aliphatic hydroxyl groups is 2. The third kappa shape index (κ3) is 4.03. The second kappa shape index (κ2) is 8.39. The maximum Gasteiger partial charge on any atom is 0.223 e. The van der Waals surface area contributed by atoms with Crippen molar-refractivity contribution < 1.29 is 24.1 Å². The summed E-state index contributed by atoms with van der Waals surface area (Å²) in [7, 11) is 0. The van der Waals surface area contributed by atoms with E-state index in [4.69, 9.17) is 21.1 Å². The van der Waals surface area contributed by atoms with Gasteiger partial charge in [0.2, 0.25) is 5.95 Å². The molecular weight excluding hydrogens is 465 g/mol. The van der Waals surface area contributed by atoms with Crippen LogP contribution in [0.2, 0.25) is 5.02 Å². The number of rotatable bonds is 5. The van der Waals surface area contributed by atoms with Crippen molar-refractivity contribution in [2.45, 2.75) is 70.3 Å². The number of benzene rings is 1. The Morgan fingerprint density at radius 3 is 2.76 bits per heavy atom. The molecule has 1 unspecified atom stereocenters. The van der Waals surface area contributed by atoms with E-state index in [1.807, 2.05) is 18.4 Å². The molecule has 1 aromatic carbocycles. The average Bonchev–Trinajstić information content (AvgIpc) is 3.35. The van der Waals surface area contributed by atoms with Crippen LogP contribution < -0.4 is 5.32 Å². The van der Waals surface area contributed by atoms with E-state index in [9.17, 15) is 10.2 Å². The molecule has 34 heavy (non-hydrogen) atoms. The van der Waals surface area contributed by atoms with Crippen molar-refractivity contribution in [3.8, 4) is 11.3 Å². The van der Waals surface area contributed by atoms with Gasteiger partial charge in [0, 0.05) is 18.0 Å². The zero-order chi connectivity index (χ0) is 24.4. The number of aliphatic hydroxyl groups excluding tert-OH is 1. The molecule has 0 amide bonds. The van der Waals surface area contributed by atoms with Crippen molar-refractivity contribution in [2.75, 3.05) is 11.9 Å². The van der Waals surface area contributed by atoms with Crippen molar-refractivity contribution >= 4 is 28.6 Å². The van der Waals surface area contributed by atoms with E-state index >= 15 is 4.39 Å². The number of fused-ring (bicyclic) bond motifs is 3. The summed E-state index contributed by atoms with van der Waals surface area (Å²) in [5.41, 5.74) is 0.217. The quantitative estimate of drug-likeness (QED) is 0.497. The summed E-state index contributed by atoms with van der Waals surface area (Å²) in [5.74, 6) is 0.0741. The fraction of sp³-hybridized carbons (Fsp3) is 0.522. The van der Waals surface area contributed by atoms with E-state index in [-0.39, 0.29) is 34.9 Å². The molecule has 2 bridgehead atoms. The second-order valence-corrected chi connectivity index (χ2v) is 10.00. The van der Waals surface area contributed by atoms with Gasteiger partial charge in [0.25, 0.3) is 0 Å². The van der Waals surface area contributed by atoms with Gasteiger partial charge >= 0.3 is 0 Å². The Labute approximate surface area is 200 Å². The van der Waals surface area contributed by atoms with Crippen LogP contribution in [0.4, 0.5) is 10.3 Å². The molecule has 2 aliphatic heterocycles. The largest absolute Gasteiger partial charge is 0.388 e. The molecule has 2 aliphatic rings. The lowest BCUT2D eigenvalue weighted by atomic mass is 10.0. The minimum atomic E-state index is -1.26. The molecule has 5 rings (SSSR count). The average molecular weight is 492 g/mol. The van der Waals surface area contributed by atoms with Gasteiger partial charge in [-0.05, 0) is 39.8 Å². The van der Waals surface area contributed by atoms with Crippen molar-refractivity contribution in [3.05, 3.63) is 35.0 Å². The van der Waals surface area contributed by atoms with Crippen LogP contribution in [0.25, 0.3) is 22.3 Å². The van der Waals surface area contributed by atoms with Crippen LogP contribution >= 0.6 is 11.6 Å². The SMILES string of the molecule is CC(C)n1c(C(C)(C)O)nc2c(F)cc(-c3nc(NC4C[C@@H]5OC[C@@H](O5)[C@H]4O)ncc3Cl)cc21. The Hall–Kier alpha value is -2.37. The van der Waals surface area contributed by atoms with Crippen LogP contribution in [-0.4, -0.2) is 60.9 Å². The molecule has 9 nitrogen and oxygen atoms in total. The number of ether oxygens (including phenoxy) is 2. The number of aromatic nitrogens is 4. The fourth-order valence-corrected chi connectivity index (χ4v) is 4.78. The second-order valence-electron chi connectivity index (χ2n) is 9.59. The molecular formula is C23H27ClFN5O4. The molecule has 4 atom stereocenters. The molecule has 2 saturated heterocycles. The first kappa shape index (κ1) is 23.4. The van der Waals surface area contributed by atoms with Gasteiger partial charge in [-0.25, -0.2) is 19.3 Å². The lowest BCUT2D eigenvalue weighted by Crippen LogP contribution is -2.48. The lowest BCUT2D eigenvalue weighted by Gasteiger charge is -2.32. The first-order chi connectivity index (χ1) is 16.0. The Morgan fingerprint density at radius 1 is 1.29 bits per heavy atom. The molecule has 3 N–H and O–H groups in total. The van der Waals surface area contributed by atoms with Gasteiger partial charge in [0.05, 0.1) is 35.1 Å². The fourth-order valence-electron chi connectivity index (χ4n) is 4.58. The lowest BCUT2D eigenvalue weighted by molar-refractivity contribution is -0.123. The molecule has 0 spiro atoms. The first-order valence-corrected chi connectivity index (χ1v) is 11.6. The van der Waals surface area contributed by atoms with Gasteiger partial charge < -0.3 is 29.6 Å². The summed E-state index contributed by atoms with van der Waals surface area (Å²) in [5, 5.41) is 24.5. The van der Waals surface area contributed by atoms with Crippen molar-refractivity contribution in [3.63, 3.8) is 0 Å². The number of hydrogen-bond donors (Lipinski definition) is 3. The van der Waals surface area contributed by atoms with Crippen LogP contribution in [0.1, 0.15) is 46.0 Å². The van der Waals surface area contributed by atoms with Crippen LogP contribution in [0.5, 0.6) is 0 Å². The number of nitrogens with one attached hydrogen (secondary N) is 1. The first-order valence-electron chi connectivity index (χ1n) is 11.2. The van der Waals surface area contributed by atoms with Crippen LogP contribution in [-0.2, 0) is 15.1 Å². The Morgan fingerprint density at radius 2 is 2.06 bits per heavy atom. The monoisotopic (exact) mass is 491 g/mol. The topological polar surface area (TPSA) is 115 Å². The van der Waals surface area contributed by atoms with Crippen LogP contribution in [0, 0.1) is 5.82 Å². The Balaban J connectivity index is 1.55. The highest BCUT2D eigenvalue weighted by Gasteiger charge is 2.43. The summed E-state index contributed by atoms with van der Waals surface area (Å²) in [6.07, 6.45) is 0.312. The molecule has 2 aromatic heterocycles. The summed E-state index contributed by atoms with van der Waals surface area (Å²) >= 11 is 6.42. The summed E-state index contributed by atoms with van der Waals surface area (Å²) in [6.45, 7) is 7.46. The van der Waals surface area contributed by atoms with Crippen molar-refractivity contribution in [2.24, 2.45) is 0 Å². The molecule has 182 valence electrons. The molecule has 3 aromatic rings. The molecule has 0 radical (unpaired) electrons.